The minimum absolute atomic E-state index is 0.148. The van der Waals surface area contributed by atoms with Gasteiger partial charge >= 0.3 is 0 Å². The monoisotopic (exact) mass is 843 g/mol. The van der Waals surface area contributed by atoms with Crippen molar-refractivity contribution in [1.29, 1.82) is 0 Å². The maximum atomic E-state index is 6.63. The first kappa shape index (κ1) is 38.3. The van der Waals surface area contributed by atoms with Gasteiger partial charge < -0.3 is 9.32 Å². The minimum atomic E-state index is -0.454. The van der Waals surface area contributed by atoms with Crippen molar-refractivity contribution in [1.82, 2.24) is 0 Å². The largest absolute Gasteiger partial charge is 0.456 e. The van der Waals surface area contributed by atoms with Crippen LogP contribution in [-0.2, 0) is 10.8 Å². The fourth-order valence-electron chi connectivity index (χ4n) is 11.5. The summed E-state index contributed by atoms with van der Waals surface area (Å²) in [5, 5.41) is 2.17. The first-order chi connectivity index (χ1) is 32.5. The molecule has 0 unspecified atom stereocenters. The molecular weight excluding hydrogens is 799 g/mol. The molecule has 312 valence electrons. The van der Waals surface area contributed by atoms with Crippen molar-refractivity contribution in [2.75, 3.05) is 4.90 Å². The van der Waals surface area contributed by atoms with Crippen LogP contribution < -0.4 is 4.90 Å². The maximum Gasteiger partial charge on any atom is 0.135 e. The normalized spacial score (nSPS) is 13.8. The second-order valence-electron chi connectivity index (χ2n) is 18.4. The third-order valence-corrected chi connectivity index (χ3v) is 14.6. The van der Waals surface area contributed by atoms with Gasteiger partial charge in [0.2, 0.25) is 0 Å². The van der Waals surface area contributed by atoms with Crippen molar-refractivity contribution in [2.24, 2.45) is 0 Å². The van der Waals surface area contributed by atoms with E-state index < -0.39 is 5.41 Å². The molecule has 0 fully saturated rings. The van der Waals surface area contributed by atoms with Gasteiger partial charge in [0.25, 0.3) is 0 Å². The predicted molar refractivity (Wildman–Crippen MR) is 274 cm³/mol. The highest BCUT2D eigenvalue weighted by Gasteiger charge is 2.53. The Morgan fingerprint density at radius 1 is 0.318 bits per heavy atom. The molecule has 2 aliphatic rings. The third-order valence-electron chi connectivity index (χ3n) is 14.6. The van der Waals surface area contributed by atoms with Crippen LogP contribution in [-0.4, -0.2) is 0 Å². The van der Waals surface area contributed by atoms with Gasteiger partial charge in [-0.2, -0.15) is 0 Å². The zero-order valence-corrected chi connectivity index (χ0v) is 36.9. The van der Waals surface area contributed by atoms with Crippen molar-refractivity contribution in [3.63, 3.8) is 0 Å². The van der Waals surface area contributed by atoms with Crippen LogP contribution in [0.4, 0.5) is 17.1 Å². The fraction of sp³-hybridized carbons (Fsp3) is 0.0625. The van der Waals surface area contributed by atoms with E-state index in [1.54, 1.807) is 0 Å². The molecule has 0 saturated carbocycles. The number of hydrogen-bond donors (Lipinski definition) is 0. The number of hydrogen-bond acceptors (Lipinski definition) is 2. The topological polar surface area (TPSA) is 16.4 Å². The average Bonchev–Trinajstić information content (AvgIpc) is 3.89. The summed E-state index contributed by atoms with van der Waals surface area (Å²) < 4.78 is 6.63. The molecule has 0 bridgehead atoms. The third kappa shape index (κ3) is 5.61. The fourth-order valence-corrected chi connectivity index (χ4v) is 11.5. The Kier molecular flexibility index (Phi) is 8.51. The van der Waals surface area contributed by atoms with Gasteiger partial charge in [0.15, 0.2) is 0 Å². The number of fused-ring (bicyclic) bond motifs is 12. The van der Waals surface area contributed by atoms with Gasteiger partial charge in [-0.3, -0.25) is 0 Å². The number of nitrogens with zero attached hydrogens (tertiary/aromatic N) is 1. The Labute approximate surface area is 385 Å². The predicted octanol–water partition coefficient (Wildman–Crippen LogP) is 17.1. The van der Waals surface area contributed by atoms with E-state index in [-0.39, 0.29) is 5.41 Å². The van der Waals surface area contributed by atoms with Crippen LogP contribution in [0.5, 0.6) is 0 Å². The molecule has 0 atom stereocenters. The van der Waals surface area contributed by atoms with Crippen LogP contribution in [0.15, 0.2) is 241 Å². The van der Waals surface area contributed by atoms with Crippen LogP contribution in [0.3, 0.4) is 0 Å². The van der Waals surface area contributed by atoms with Crippen molar-refractivity contribution < 1.29 is 4.42 Å². The Morgan fingerprint density at radius 3 is 1.48 bits per heavy atom. The molecular formula is C64H45NO. The van der Waals surface area contributed by atoms with Crippen LogP contribution in [0.25, 0.3) is 66.4 Å². The first-order valence-electron chi connectivity index (χ1n) is 23.0. The lowest BCUT2D eigenvalue weighted by molar-refractivity contribution is 0.563. The number of anilines is 3. The number of rotatable bonds is 6. The summed E-state index contributed by atoms with van der Waals surface area (Å²) in [6.45, 7) is 4.77. The highest BCUT2D eigenvalue weighted by molar-refractivity contribution is 6.08. The highest BCUT2D eigenvalue weighted by Crippen LogP contribution is 2.62. The Bertz CT molecular complexity index is 3620. The molecule has 2 aliphatic carbocycles. The molecule has 0 aliphatic heterocycles. The van der Waals surface area contributed by atoms with E-state index in [1.807, 2.05) is 0 Å². The zero-order valence-electron chi connectivity index (χ0n) is 36.9. The average molecular weight is 844 g/mol. The lowest BCUT2D eigenvalue weighted by Gasteiger charge is -2.46. The number of benzene rings is 10. The van der Waals surface area contributed by atoms with Crippen LogP contribution in [0.2, 0.25) is 0 Å². The lowest BCUT2D eigenvalue weighted by atomic mass is 9.55. The van der Waals surface area contributed by atoms with Gasteiger partial charge in [0.1, 0.15) is 11.2 Å². The molecule has 2 heteroatoms. The van der Waals surface area contributed by atoms with Crippen molar-refractivity contribution >= 4 is 39.0 Å². The molecule has 0 amide bonds. The first-order valence-corrected chi connectivity index (χ1v) is 23.0. The summed E-state index contributed by atoms with van der Waals surface area (Å²) in [7, 11) is 0. The van der Waals surface area contributed by atoms with Gasteiger partial charge in [0, 0.05) is 33.1 Å². The van der Waals surface area contributed by atoms with Crippen molar-refractivity contribution in [3.8, 4) is 44.5 Å². The molecule has 0 saturated heterocycles. The highest BCUT2D eigenvalue weighted by atomic mass is 16.3. The van der Waals surface area contributed by atoms with Gasteiger partial charge in [-0.25, -0.2) is 0 Å². The second-order valence-corrected chi connectivity index (χ2v) is 18.4. The Balaban J connectivity index is 0.980. The SMILES string of the molecule is CC1(C)c2ccccc2C2(c3ccccc3-c3ccc(-c4ccc5oc6ccc(N(c7ccc(-c8ccccc8)cc7)c7ccccc7-c7ccccc7)cc6c5c4)cc32)c2ccccc21. The number of para-hydroxylation sites is 1. The van der Waals surface area contributed by atoms with Crippen LogP contribution in [0, 0.1) is 0 Å². The summed E-state index contributed by atoms with van der Waals surface area (Å²) in [5.41, 5.74) is 22.2. The Hall–Kier alpha value is -8.20. The van der Waals surface area contributed by atoms with E-state index in [2.05, 4.69) is 255 Å². The zero-order chi connectivity index (χ0) is 44.0. The summed E-state index contributed by atoms with van der Waals surface area (Å²) >= 11 is 0. The summed E-state index contributed by atoms with van der Waals surface area (Å²) in [5.74, 6) is 0. The molecule has 0 radical (unpaired) electrons. The van der Waals surface area contributed by atoms with E-state index in [0.717, 1.165) is 50.1 Å². The molecule has 10 aromatic carbocycles. The summed E-state index contributed by atoms with van der Waals surface area (Å²) in [6.07, 6.45) is 0. The van der Waals surface area contributed by atoms with E-state index in [1.165, 1.54) is 66.8 Å². The Morgan fingerprint density at radius 2 is 0.788 bits per heavy atom. The summed E-state index contributed by atoms with van der Waals surface area (Å²) in [4.78, 5) is 2.39. The van der Waals surface area contributed by atoms with E-state index in [0.29, 0.717) is 0 Å². The molecule has 2 nitrogen and oxygen atoms in total. The van der Waals surface area contributed by atoms with Gasteiger partial charge in [0.05, 0.1) is 11.1 Å². The minimum Gasteiger partial charge on any atom is -0.456 e. The molecule has 66 heavy (non-hydrogen) atoms. The molecule has 11 aromatic rings. The van der Waals surface area contributed by atoms with Crippen molar-refractivity contribution in [2.45, 2.75) is 24.7 Å². The smallest absolute Gasteiger partial charge is 0.135 e. The molecule has 1 spiro atoms. The van der Waals surface area contributed by atoms with E-state index in [9.17, 15) is 0 Å². The number of furan rings is 1. The van der Waals surface area contributed by atoms with E-state index in [4.69, 9.17) is 4.42 Å². The van der Waals surface area contributed by atoms with E-state index >= 15 is 0 Å². The molecule has 13 rings (SSSR count). The maximum absolute atomic E-state index is 6.63. The molecule has 1 heterocycles. The van der Waals surface area contributed by atoms with Gasteiger partial charge in [-0.05, 0) is 127 Å². The second kappa shape index (κ2) is 14.7. The standard InChI is InChI=1S/C64H45NO/c1-63(2)55-24-12-14-26-57(55)64(58-27-15-13-25-56(58)63)54-23-11-9-22-50(54)51-36-31-46(40-59(51)64)45-32-37-61-52(39-45)53-41-48(35-38-62(53)66-61)65(47-33-29-43(30-34-47)42-17-5-3-6-18-42)60-28-16-10-21-49(60)44-19-7-4-8-20-44/h3-41H,1-2H3. The van der Waals surface area contributed by atoms with Crippen molar-refractivity contribution in [3.05, 3.63) is 270 Å². The van der Waals surface area contributed by atoms with Crippen LogP contribution in [0.1, 0.15) is 47.2 Å². The lowest BCUT2D eigenvalue weighted by Crippen LogP contribution is -2.40. The molecule has 0 N–H and O–H groups in total. The summed E-state index contributed by atoms with van der Waals surface area (Å²) in [6, 6.07) is 86.8. The quantitative estimate of drug-likeness (QED) is 0.166. The van der Waals surface area contributed by atoms with Gasteiger partial charge in [-0.1, -0.05) is 196 Å². The van der Waals surface area contributed by atoms with Crippen LogP contribution >= 0.6 is 0 Å². The van der Waals surface area contributed by atoms with Gasteiger partial charge in [-0.15, -0.1) is 0 Å². The molecule has 1 aromatic heterocycles.